The quantitative estimate of drug-likeness (QED) is 0.659. The van der Waals surface area contributed by atoms with Crippen molar-refractivity contribution in [1.29, 1.82) is 0 Å². The Morgan fingerprint density at radius 3 is 2.41 bits per heavy atom. The Morgan fingerprint density at radius 2 is 1.82 bits per heavy atom. The molecule has 0 aromatic rings. The summed E-state index contributed by atoms with van der Waals surface area (Å²) in [5, 5.41) is 0. The van der Waals surface area contributed by atoms with Crippen molar-refractivity contribution in [2.24, 2.45) is 17.3 Å². The zero-order chi connectivity index (χ0) is 12.9. The van der Waals surface area contributed by atoms with Gasteiger partial charge in [-0.2, -0.15) is 0 Å². The van der Waals surface area contributed by atoms with Gasteiger partial charge in [0.15, 0.2) is 0 Å². The number of hydrogen-bond donors (Lipinski definition) is 0. The van der Waals surface area contributed by atoms with Gasteiger partial charge in [-0.3, -0.25) is 4.79 Å². The van der Waals surface area contributed by atoms with E-state index < -0.39 is 0 Å². The van der Waals surface area contributed by atoms with Crippen LogP contribution in [0.3, 0.4) is 0 Å². The summed E-state index contributed by atoms with van der Waals surface area (Å²) in [6.45, 7) is 9.09. The van der Waals surface area contributed by atoms with Crippen LogP contribution in [0.1, 0.15) is 79.1 Å². The van der Waals surface area contributed by atoms with E-state index in [9.17, 15) is 4.79 Å². The molecule has 1 aliphatic rings. The van der Waals surface area contributed by atoms with Gasteiger partial charge >= 0.3 is 0 Å². The van der Waals surface area contributed by atoms with Crippen LogP contribution < -0.4 is 0 Å². The van der Waals surface area contributed by atoms with E-state index in [0.29, 0.717) is 17.1 Å². The molecule has 2 atom stereocenters. The Hall–Kier alpha value is -0.330. The fraction of sp³-hybridized carbons (Fsp3) is 0.938. The molecule has 100 valence electrons. The van der Waals surface area contributed by atoms with Crippen molar-refractivity contribution in [3.8, 4) is 0 Å². The first-order chi connectivity index (χ1) is 7.90. The lowest BCUT2D eigenvalue weighted by Gasteiger charge is -2.33. The summed E-state index contributed by atoms with van der Waals surface area (Å²) in [5.41, 5.74) is 0.444. The van der Waals surface area contributed by atoms with Crippen molar-refractivity contribution in [2.75, 3.05) is 0 Å². The predicted molar refractivity (Wildman–Crippen MR) is 74.1 cm³/mol. The fourth-order valence-corrected chi connectivity index (χ4v) is 3.34. The highest BCUT2D eigenvalue weighted by molar-refractivity contribution is 5.78. The molecule has 1 rings (SSSR count). The highest BCUT2D eigenvalue weighted by Crippen LogP contribution is 2.38. The first-order valence-electron chi connectivity index (χ1n) is 7.42. The van der Waals surface area contributed by atoms with E-state index in [2.05, 4.69) is 27.7 Å². The van der Waals surface area contributed by atoms with Gasteiger partial charge in [0.2, 0.25) is 0 Å². The lowest BCUT2D eigenvalue weighted by molar-refractivity contribution is -0.120. The SMILES string of the molecule is CCCC(=O)C[C@@H]1CCC[C@H](CC(C)(C)C)C1. The smallest absolute Gasteiger partial charge is 0.133 e. The number of rotatable bonds is 5. The van der Waals surface area contributed by atoms with Crippen LogP contribution in [0.4, 0.5) is 0 Å². The Bertz CT molecular complexity index is 236. The van der Waals surface area contributed by atoms with Gasteiger partial charge in [-0.1, -0.05) is 47.0 Å². The van der Waals surface area contributed by atoms with E-state index in [1.807, 2.05) is 0 Å². The highest BCUT2D eigenvalue weighted by atomic mass is 16.1. The normalized spacial score (nSPS) is 25.9. The second-order valence-electron chi connectivity index (χ2n) is 7.16. The molecular weight excluding hydrogens is 208 g/mol. The van der Waals surface area contributed by atoms with E-state index in [-0.39, 0.29) is 0 Å². The van der Waals surface area contributed by atoms with Crippen LogP contribution in [0, 0.1) is 17.3 Å². The summed E-state index contributed by atoms with van der Waals surface area (Å²) < 4.78 is 0. The van der Waals surface area contributed by atoms with Crippen LogP contribution in [-0.4, -0.2) is 5.78 Å². The average molecular weight is 238 g/mol. The molecule has 0 spiro atoms. The van der Waals surface area contributed by atoms with Gasteiger partial charge in [-0.15, -0.1) is 0 Å². The Morgan fingerprint density at radius 1 is 1.18 bits per heavy atom. The van der Waals surface area contributed by atoms with Crippen molar-refractivity contribution < 1.29 is 4.79 Å². The monoisotopic (exact) mass is 238 g/mol. The van der Waals surface area contributed by atoms with Crippen molar-refractivity contribution in [2.45, 2.75) is 79.1 Å². The molecule has 0 saturated heterocycles. The molecule has 1 nitrogen and oxygen atoms in total. The lowest BCUT2D eigenvalue weighted by atomic mass is 9.73. The number of Topliss-reactive ketones (excluding diaryl/α,β-unsaturated/α-hetero) is 1. The van der Waals surface area contributed by atoms with E-state index in [0.717, 1.165) is 25.2 Å². The molecule has 0 amide bonds. The number of hydrogen-bond acceptors (Lipinski definition) is 1. The minimum atomic E-state index is 0.444. The van der Waals surface area contributed by atoms with Gasteiger partial charge in [0.25, 0.3) is 0 Å². The lowest BCUT2D eigenvalue weighted by Crippen LogP contribution is -2.22. The molecule has 1 saturated carbocycles. The number of carbonyl (C=O) groups is 1. The summed E-state index contributed by atoms with van der Waals surface area (Å²) >= 11 is 0. The van der Waals surface area contributed by atoms with Crippen molar-refractivity contribution in [1.82, 2.24) is 0 Å². The molecule has 0 aromatic heterocycles. The van der Waals surface area contributed by atoms with Gasteiger partial charge in [-0.25, -0.2) is 0 Å². The van der Waals surface area contributed by atoms with Crippen LogP contribution in [0.5, 0.6) is 0 Å². The molecule has 0 unspecified atom stereocenters. The molecule has 0 N–H and O–H groups in total. The third kappa shape index (κ3) is 6.24. The average Bonchev–Trinajstić information content (AvgIpc) is 2.15. The summed E-state index contributed by atoms with van der Waals surface area (Å²) in [6, 6.07) is 0. The van der Waals surface area contributed by atoms with Crippen LogP contribution in [0.2, 0.25) is 0 Å². The Kier molecular flexibility index (Phi) is 5.69. The maximum absolute atomic E-state index is 11.7. The molecule has 17 heavy (non-hydrogen) atoms. The molecule has 1 aliphatic carbocycles. The van der Waals surface area contributed by atoms with E-state index >= 15 is 0 Å². The predicted octanol–water partition coefficient (Wildman–Crippen LogP) is 4.99. The zero-order valence-corrected chi connectivity index (χ0v) is 12.2. The van der Waals surface area contributed by atoms with Crippen molar-refractivity contribution >= 4 is 5.78 Å². The summed E-state index contributed by atoms with van der Waals surface area (Å²) in [6.07, 6.45) is 9.29. The zero-order valence-electron chi connectivity index (χ0n) is 12.2. The molecule has 1 heteroatoms. The first-order valence-corrected chi connectivity index (χ1v) is 7.42. The minimum absolute atomic E-state index is 0.444. The van der Waals surface area contributed by atoms with E-state index in [1.54, 1.807) is 0 Å². The third-order valence-corrected chi connectivity index (χ3v) is 3.84. The van der Waals surface area contributed by atoms with Gasteiger partial charge in [-0.05, 0) is 36.5 Å². The van der Waals surface area contributed by atoms with Crippen LogP contribution in [0.15, 0.2) is 0 Å². The van der Waals surface area contributed by atoms with Gasteiger partial charge < -0.3 is 0 Å². The van der Waals surface area contributed by atoms with Gasteiger partial charge in [0.05, 0.1) is 0 Å². The molecule has 0 bridgehead atoms. The molecule has 0 heterocycles. The maximum Gasteiger partial charge on any atom is 0.133 e. The van der Waals surface area contributed by atoms with E-state index in [4.69, 9.17) is 0 Å². The van der Waals surface area contributed by atoms with Crippen molar-refractivity contribution in [3.63, 3.8) is 0 Å². The van der Waals surface area contributed by atoms with Crippen LogP contribution in [-0.2, 0) is 4.79 Å². The summed E-state index contributed by atoms with van der Waals surface area (Å²) in [7, 11) is 0. The third-order valence-electron chi connectivity index (χ3n) is 3.84. The second-order valence-corrected chi connectivity index (χ2v) is 7.16. The summed E-state index contributed by atoms with van der Waals surface area (Å²) in [5.74, 6) is 2.05. The first kappa shape index (κ1) is 14.7. The fourth-order valence-electron chi connectivity index (χ4n) is 3.34. The standard InChI is InChI=1S/C16H30O/c1-5-7-15(17)11-13-8-6-9-14(10-13)12-16(2,3)4/h13-14H,5-12H2,1-4H3/t13-,14+/m1/s1. The Balaban J connectivity index is 2.36. The topological polar surface area (TPSA) is 17.1 Å². The van der Waals surface area contributed by atoms with Crippen LogP contribution >= 0.6 is 0 Å². The molecule has 0 aliphatic heterocycles. The van der Waals surface area contributed by atoms with Crippen molar-refractivity contribution in [3.05, 3.63) is 0 Å². The largest absolute Gasteiger partial charge is 0.300 e. The molecule has 0 aromatic carbocycles. The summed E-state index contributed by atoms with van der Waals surface area (Å²) in [4.78, 5) is 11.7. The van der Waals surface area contributed by atoms with Gasteiger partial charge in [0.1, 0.15) is 5.78 Å². The van der Waals surface area contributed by atoms with Crippen LogP contribution in [0.25, 0.3) is 0 Å². The maximum atomic E-state index is 11.7. The number of ketones is 1. The number of carbonyl (C=O) groups excluding carboxylic acids is 1. The molecular formula is C16H30O. The molecule has 1 fully saturated rings. The van der Waals surface area contributed by atoms with Gasteiger partial charge in [0, 0.05) is 12.8 Å². The molecule has 0 radical (unpaired) electrons. The Labute approximate surface area is 107 Å². The second kappa shape index (κ2) is 6.56. The highest BCUT2D eigenvalue weighted by Gasteiger charge is 2.26. The minimum Gasteiger partial charge on any atom is -0.300 e. The van der Waals surface area contributed by atoms with E-state index in [1.165, 1.54) is 32.1 Å².